The van der Waals surface area contributed by atoms with Crippen LogP contribution in [0, 0.1) is 5.92 Å². The molecule has 0 amide bonds. The molecule has 3 heteroatoms. The summed E-state index contributed by atoms with van der Waals surface area (Å²) in [5.74, 6) is 1.73. The van der Waals surface area contributed by atoms with E-state index < -0.39 is 0 Å². The van der Waals surface area contributed by atoms with Crippen LogP contribution in [0.2, 0.25) is 0 Å². The molecule has 1 aromatic carbocycles. The topological polar surface area (TPSA) is 30.5 Å². The number of benzene rings is 1. The third-order valence-electron chi connectivity index (χ3n) is 3.66. The summed E-state index contributed by atoms with van der Waals surface area (Å²) in [5.41, 5.74) is 2.73. The molecule has 0 bridgehead atoms. The average Bonchev–Trinajstić information content (AvgIpc) is 2.86. The third kappa shape index (κ3) is 2.45. The Kier molecular flexibility index (Phi) is 3.29. The van der Waals surface area contributed by atoms with E-state index in [1.807, 2.05) is 0 Å². The summed E-state index contributed by atoms with van der Waals surface area (Å²) >= 11 is 0. The van der Waals surface area contributed by atoms with Gasteiger partial charge in [-0.05, 0) is 30.4 Å². The Morgan fingerprint density at radius 3 is 3.00 bits per heavy atom. The van der Waals surface area contributed by atoms with Gasteiger partial charge in [0, 0.05) is 31.9 Å². The van der Waals surface area contributed by atoms with Gasteiger partial charge >= 0.3 is 0 Å². The molecular formula is C14H19NO2. The summed E-state index contributed by atoms with van der Waals surface area (Å²) in [5, 5.41) is 3.37. The van der Waals surface area contributed by atoms with Crippen molar-refractivity contribution in [3.05, 3.63) is 29.3 Å². The minimum Gasteiger partial charge on any atom is -0.493 e. The van der Waals surface area contributed by atoms with Gasteiger partial charge in [-0.1, -0.05) is 12.1 Å². The minimum atomic E-state index is 0.661. The lowest BCUT2D eigenvalue weighted by Gasteiger charge is -2.22. The van der Waals surface area contributed by atoms with Gasteiger partial charge in [0.2, 0.25) is 0 Å². The highest BCUT2D eigenvalue weighted by atomic mass is 16.5. The van der Waals surface area contributed by atoms with Crippen LogP contribution in [-0.4, -0.2) is 19.8 Å². The number of hydrogen-bond donors (Lipinski definition) is 1. The van der Waals surface area contributed by atoms with E-state index in [4.69, 9.17) is 9.47 Å². The number of ether oxygens (including phenoxy) is 2. The van der Waals surface area contributed by atoms with Crippen LogP contribution in [0.1, 0.15) is 24.0 Å². The summed E-state index contributed by atoms with van der Waals surface area (Å²) < 4.78 is 11.4. The van der Waals surface area contributed by atoms with E-state index in [-0.39, 0.29) is 0 Å². The van der Waals surface area contributed by atoms with Gasteiger partial charge in [0.15, 0.2) is 0 Å². The van der Waals surface area contributed by atoms with Crippen molar-refractivity contribution in [1.82, 2.24) is 5.32 Å². The lowest BCUT2D eigenvalue weighted by atomic mass is 10.0. The van der Waals surface area contributed by atoms with Crippen molar-refractivity contribution in [2.75, 3.05) is 19.8 Å². The monoisotopic (exact) mass is 233 g/mol. The Morgan fingerprint density at radius 1 is 1.24 bits per heavy atom. The molecule has 0 saturated carbocycles. The van der Waals surface area contributed by atoms with Crippen LogP contribution < -0.4 is 10.1 Å². The van der Waals surface area contributed by atoms with Crippen molar-refractivity contribution in [2.24, 2.45) is 5.92 Å². The molecule has 2 aliphatic rings. The van der Waals surface area contributed by atoms with Gasteiger partial charge in [-0.2, -0.15) is 0 Å². The second-order valence-electron chi connectivity index (χ2n) is 4.86. The molecule has 1 N–H and O–H groups in total. The van der Waals surface area contributed by atoms with Crippen molar-refractivity contribution in [3.8, 4) is 5.75 Å². The molecule has 2 heterocycles. The van der Waals surface area contributed by atoms with Gasteiger partial charge in [0.05, 0.1) is 6.61 Å². The fourth-order valence-corrected chi connectivity index (χ4v) is 2.56. The predicted molar refractivity (Wildman–Crippen MR) is 66.0 cm³/mol. The van der Waals surface area contributed by atoms with E-state index in [1.165, 1.54) is 11.1 Å². The van der Waals surface area contributed by atoms with Crippen LogP contribution in [-0.2, 0) is 17.8 Å². The van der Waals surface area contributed by atoms with Gasteiger partial charge in [0.25, 0.3) is 0 Å². The molecule has 3 nitrogen and oxygen atoms in total. The normalized spacial score (nSPS) is 20.2. The van der Waals surface area contributed by atoms with Crippen LogP contribution in [0.25, 0.3) is 0 Å². The first-order valence-electron chi connectivity index (χ1n) is 6.45. The zero-order valence-electron chi connectivity index (χ0n) is 10.1. The summed E-state index contributed by atoms with van der Waals surface area (Å²) in [6.45, 7) is 4.54. The Bertz CT molecular complexity index is 386. The molecule has 17 heavy (non-hydrogen) atoms. The molecule has 92 valence electrons. The van der Waals surface area contributed by atoms with Crippen molar-refractivity contribution in [1.29, 1.82) is 0 Å². The highest BCUT2D eigenvalue weighted by Crippen LogP contribution is 2.27. The van der Waals surface area contributed by atoms with Crippen LogP contribution in [0.5, 0.6) is 5.75 Å². The molecule has 0 aromatic heterocycles. The fraction of sp³-hybridized carbons (Fsp3) is 0.571. The van der Waals surface area contributed by atoms with Crippen molar-refractivity contribution in [2.45, 2.75) is 25.9 Å². The third-order valence-corrected chi connectivity index (χ3v) is 3.66. The zero-order chi connectivity index (χ0) is 11.5. The first-order valence-corrected chi connectivity index (χ1v) is 6.45. The van der Waals surface area contributed by atoms with Gasteiger partial charge < -0.3 is 14.8 Å². The molecule has 0 radical (unpaired) electrons. The number of fused-ring (bicyclic) bond motifs is 1. The lowest BCUT2D eigenvalue weighted by Crippen LogP contribution is -2.21. The van der Waals surface area contributed by atoms with Crippen LogP contribution in [0.15, 0.2) is 18.2 Å². The summed E-state index contributed by atoms with van der Waals surface area (Å²) in [7, 11) is 0. The smallest absolute Gasteiger partial charge is 0.124 e. The molecule has 1 aromatic rings. The van der Waals surface area contributed by atoms with Gasteiger partial charge in [-0.15, -0.1) is 0 Å². The Balaban J connectivity index is 1.63. The van der Waals surface area contributed by atoms with Crippen molar-refractivity contribution in [3.63, 3.8) is 0 Å². The zero-order valence-corrected chi connectivity index (χ0v) is 10.1. The lowest BCUT2D eigenvalue weighted by molar-refractivity contribution is 0.0496. The summed E-state index contributed by atoms with van der Waals surface area (Å²) in [6, 6.07) is 6.35. The quantitative estimate of drug-likeness (QED) is 0.867. The van der Waals surface area contributed by atoms with Gasteiger partial charge in [-0.3, -0.25) is 0 Å². The minimum absolute atomic E-state index is 0.661. The fourth-order valence-electron chi connectivity index (χ4n) is 2.56. The van der Waals surface area contributed by atoms with E-state index in [9.17, 15) is 0 Å². The van der Waals surface area contributed by atoms with Crippen molar-refractivity contribution < 1.29 is 9.47 Å². The largest absolute Gasteiger partial charge is 0.493 e. The maximum atomic E-state index is 5.99. The highest BCUT2D eigenvalue weighted by Gasteiger charge is 2.17. The van der Waals surface area contributed by atoms with Crippen LogP contribution in [0.3, 0.4) is 0 Å². The van der Waals surface area contributed by atoms with Crippen molar-refractivity contribution >= 4 is 0 Å². The first kappa shape index (κ1) is 11.1. The molecular weight excluding hydrogens is 214 g/mol. The number of hydrogen-bond acceptors (Lipinski definition) is 3. The van der Waals surface area contributed by atoms with E-state index in [0.717, 1.165) is 51.5 Å². The Hall–Kier alpha value is -1.06. The summed E-state index contributed by atoms with van der Waals surface area (Å²) in [4.78, 5) is 0. The summed E-state index contributed by atoms with van der Waals surface area (Å²) in [6.07, 6.45) is 2.26. The number of nitrogens with one attached hydrogen (secondary N) is 1. The second kappa shape index (κ2) is 5.07. The van der Waals surface area contributed by atoms with Crippen LogP contribution in [0.4, 0.5) is 0 Å². The molecule has 0 aliphatic carbocycles. The molecule has 0 spiro atoms. The van der Waals surface area contributed by atoms with E-state index in [0.29, 0.717) is 5.92 Å². The molecule has 3 rings (SSSR count). The van der Waals surface area contributed by atoms with E-state index in [1.54, 1.807) is 0 Å². The van der Waals surface area contributed by atoms with Gasteiger partial charge in [0.1, 0.15) is 5.75 Å². The highest BCUT2D eigenvalue weighted by molar-refractivity contribution is 5.42. The molecule has 1 saturated heterocycles. The second-order valence-corrected chi connectivity index (χ2v) is 4.86. The first-order chi connectivity index (χ1) is 8.43. The Morgan fingerprint density at radius 2 is 2.12 bits per heavy atom. The Labute approximate surface area is 102 Å². The molecule has 2 aliphatic heterocycles. The molecule has 1 fully saturated rings. The average molecular weight is 233 g/mol. The van der Waals surface area contributed by atoms with Crippen LogP contribution >= 0.6 is 0 Å². The standard InChI is InChI=1S/C14H19NO2/c1-2-12-8-15-9-13(12)14(3-1)17-10-11-4-6-16-7-5-11/h1-3,11,15H,4-10H2. The maximum absolute atomic E-state index is 5.99. The molecule has 0 unspecified atom stereocenters. The SMILES string of the molecule is c1cc2c(c(OCC3CCOCC3)c1)CNC2. The van der Waals surface area contributed by atoms with E-state index in [2.05, 4.69) is 23.5 Å². The van der Waals surface area contributed by atoms with Gasteiger partial charge in [-0.25, -0.2) is 0 Å². The van der Waals surface area contributed by atoms with E-state index >= 15 is 0 Å². The molecule has 0 atom stereocenters. The predicted octanol–water partition coefficient (Wildman–Crippen LogP) is 2.10. The maximum Gasteiger partial charge on any atom is 0.124 e. The number of rotatable bonds is 3.